The number of pyridine rings is 1. The molecular weight excluding hydrogens is 290 g/mol. The van der Waals surface area contributed by atoms with E-state index in [0.717, 1.165) is 16.8 Å². The molecule has 0 aliphatic carbocycles. The summed E-state index contributed by atoms with van der Waals surface area (Å²) in [5.74, 6) is 0.166. The number of anilines is 2. The van der Waals surface area contributed by atoms with Gasteiger partial charge in [-0.05, 0) is 41.5 Å². The minimum absolute atomic E-state index is 0.394. The summed E-state index contributed by atoms with van der Waals surface area (Å²) in [7, 11) is 0. The number of nitrogens with zero attached hydrogens (tertiary/aromatic N) is 1. The molecule has 1 aromatic heterocycles. The predicted molar refractivity (Wildman–Crippen MR) is 88.7 cm³/mol. The van der Waals surface area contributed by atoms with Gasteiger partial charge in [0.2, 0.25) is 0 Å². The van der Waals surface area contributed by atoms with Crippen LogP contribution in [0.2, 0.25) is 0 Å². The van der Waals surface area contributed by atoms with Crippen molar-refractivity contribution in [2.45, 2.75) is 0 Å². The zero-order valence-corrected chi connectivity index (χ0v) is 12.2. The van der Waals surface area contributed by atoms with Gasteiger partial charge in [0.05, 0.1) is 0 Å². The van der Waals surface area contributed by atoms with Crippen molar-refractivity contribution in [3.8, 4) is 11.1 Å². The van der Waals surface area contributed by atoms with E-state index >= 15 is 0 Å². The largest absolute Gasteiger partial charge is 0.340 e. The lowest BCUT2D eigenvalue weighted by molar-refractivity contribution is 0.0707. The average Bonchev–Trinajstić information content (AvgIpc) is 2.62. The van der Waals surface area contributed by atoms with Crippen LogP contribution in [0.4, 0.5) is 11.5 Å². The quantitative estimate of drug-likeness (QED) is 0.508. The lowest BCUT2D eigenvalue weighted by Crippen LogP contribution is -2.19. The third-order valence-corrected chi connectivity index (χ3v) is 3.39. The Bertz CT molecular complexity index is 805. The van der Waals surface area contributed by atoms with Gasteiger partial charge in [0.15, 0.2) is 0 Å². The Morgan fingerprint density at radius 1 is 0.957 bits per heavy atom. The van der Waals surface area contributed by atoms with Crippen LogP contribution in [0.25, 0.3) is 11.1 Å². The van der Waals surface area contributed by atoms with Crippen LogP contribution in [0.1, 0.15) is 10.4 Å². The van der Waals surface area contributed by atoms with E-state index in [0.29, 0.717) is 11.4 Å². The van der Waals surface area contributed by atoms with Gasteiger partial charge < -0.3 is 5.32 Å². The van der Waals surface area contributed by atoms with Crippen molar-refractivity contribution in [2.75, 3.05) is 5.32 Å². The monoisotopic (exact) mass is 305 g/mol. The average molecular weight is 305 g/mol. The minimum Gasteiger partial charge on any atom is -0.340 e. The second-order valence-corrected chi connectivity index (χ2v) is 4.91. The summed E-state index contributed by atoms with van der Waals surface area (Å²) >= 11 is 0. The molecule has 5 nitrogen and oxygen atoms in total. The van der Waals surface area contributed by atoms with Gasteiger partial charge in [-0.15, -0.1) is 0 Å². The first-order chi connectivity index (χ1) is 11.3. The number of aromatic nitrogens is 1. The third kappa shape index (κ3) is 3.36. The number of amides is 1. The molecule has 114 valence electrons. The Labute approximate surface area is 133 Å². The molecule has 3 N–H and O–H groups in total. The molecule has 5 heteroatoms. The normalized spacial score (nSPS) is 10.1. The van der Waals surface area contributed by atoms with E-state index in [2.05, 4.69) is 10.3 Å². The van der Waals surface area contributed by atoms with Crippen molar-refractivity contribution in [1.29, 1.82) is 0 Å². The Balaban J connectivity index is 2.03. The number of nitrogens with one attached hydrogen (secondary N) is 2. The van der Waals surface area contributed by atoms with Crippen LogP contribution in [-0.2, 0) is 0 Å². The van der Waals surface area contributed by atoms with Crippen molar-refractivity contribution in [3.05, 3.63) is 78.5 Å². The Hall–Kier alpha value is -3.18. The van der Waals surface area contributed by atoms with Crippen molar-refractivity contribution < 1.29 is 10.0 Å². The summed E-state index contributed by atoms with van der Waals surface area (Å²) in [6.45, 7) is 0. The molecule has 0 atom stereocenters. The number of hydrogen-bond donors (Lipinski definition) is 3. The molecule has 0 bridgehead atoms. The molecule has 0 spiro atoms. The first kappa shape index (κ1) is 14.7. The molecule has 3 aromatic rings. The zero-order valence-electron chi connectivity index (χ0n) is 12.2. The van der Waals surface area contributed by atoms with E-state index in [9.17, 15) is 4.79 Å². The molecule has 0 saturated heterocycles. The molecule has 0 aliphatic rings. The number of carbonyl (C=O) groups excluding carboxylic acids is 1. The van der Waals surface area contributed by atoms with Gasteiger partial charge in [0.1, 0.15) is 5.82 Å². The maximum absolute atomic E-state index is 11.9. The molecule has 0 saturated carbocycles. The number of hydroxylamine groups is 1. The van der Waals surface area contributed by atoms with Gasteiger partial charge in [-0.1, -0.05) is 36.4 Å². The summed E-state index contributed by atoms with van der Waals surface area (Å²) in [5, 5.41) is 12.1. The number of carbonyl (C=O) groups is 1. The first-order valence-corrected chi connectivity index (χ1v) is 7.10. The number of hydrogen-bond acceptors (Lipinski definition) is 4. The van der Waals surface area contributed by atoms with Gasteiger partial charge in [-0.25, -0.2) is 10.5 Å². The highest BCUT2D eigenvalue weighted by Crippen LogP contribution is 2.28. The highest BCUT2D eigenvalue weighted by molar-refractivity contribution is 6.01. The van der Waals surface area contributed by atoms with Crippen molar-refractivity contribution in [1.82, 2.24) is 10.5 Å². The lowest BCUT2D eigenvalue weighted by atomic mass is 9.98. The molecule has 0 aliphatic heterocycles. The first-order valence-electron chi connectivity index (χ1n) is 7.10. The van der Waals surface area contributed by atoms with E-state index in [1.165, 1.54) is 0 Å². The fourth-order valence-corrected chi connectivity index (χ4v) is 2.32. The smallest absolute Gasteiger partial charge is 0.275 e. The van der Waals surface area contributed by atoms with Crippen LogP contribution in [0, 0.1) is 0 Å². The molecule has 23 heavy (non-hydrogen) atoms. The molecule has 2 aromatic carbocycles. The van der Waals surface area contributed by atoms with E-state index in [1.807, 2.05) is 54.6 Å². The third-order valence-electron chi connectivity index (χ3n) is 3.39. The second kappa shape index (κ2) is 6.72. The fourth-order valence-electron chi connectivity index (χ4n) is 2.32. The van der Waals surface area contributed by atoms with Crippen molar-refractivity contribution in [2.24, 2.45) is 0 Å². The minimum atomic E-state index is -0.548. The van der Waals surface area contributed by atoms with Crippen LogP contribution in [-0.4, -0.2) is 16.1 Å². The van der Waals surface area contributed by atoms with Gasteiger partial charge in [-0.2, -0.15) is 0 Å². The van der Waals surface area contributed by atoms with Crippen LogP contribution in [0.3, 0.4) is 0 Å². The summed E-state index contributed by atoms with van der Waals surface area (Å²) in [6, 6.07) is 20.4. The van der Waals surface area contributed by atoms with Crippen molar-refractivity contribution in [3.63, 3.8) is 0 Å². The molecule has 1 heterocycles. The Morgan fingerprint density at radius 3 is 2.43 bits per heavy atom. The molecule has 0 unspecified atom stereocenters. The summed E-state index contributed by atoms with van der Waals surface area (Å²) in [6.07, 6.45) is 1.70. The van der Waals surface area contributed by atoms with E-state index in [1.54, 1.807) is 23.8 Å². The molecule has 1 amide bonds. The molecule has 0 fully saturated rings. The predicted octanol–water partition coefficient (Wildman–Crippen LogP) is 3.61. The van der Waals surface area contributed by atoms with E-state index in [4.69, 9.17) is 5.21 Å². The maximum atomic E-state index is 11.9. The summed E-state index contributed by atoms with van der Waals surface area (Å²) < 4.78 is 0. The highest BCUT2D eigenvalue weighted by Gasteiger charge is 2.13. The van der Waals surface area contributed by atoms with Gasteiger partial charge in [0.25, 0.3) is 5.91 Å². The topological polar surface area (TPSA) is 74.2 Å². The zero-order chi connectivity index (χ0) is 16.1. The highest BCUT2D eigenvalue weighted by atomic mass is 16.5. The Kier molecular flexibility index (Phi) is 4.31. The van der Waals surface area contributed by atoms with Crippen LogP contribution in [0.15, 0.2) is 72.9 Å². The second-order valence-electron chi connectivity index (χ2n) is 4.91. The molecule has 0 radical (unpaired) electrons. The maximum Gasteiger partial charge on any atom is 0.275 e. The van der Waals surface area contributed by atoms with Gasteiger partial charge >= 0.3 is 0 Å². The van der Waals surface area contributed by atoms with Crippen LogP contribution >= 0.6 is 0 Å². The standard InChI is InChI=1S/C18H15N3O2/c22-18(21-23)15-10-9-14(20-17-8-4-5-11-19-17)12-16(15)13-6-2-1-3-7-13/h1-12,23H,(H,19,20)(H,21,22). The summed E-state index contributed by atoms with van der Waals surface area (Å²) in [4.78, 5) is 16.1. The molecule has 3 rings (SSSR count). The SMILES string of the molecule is O=C(NO)c1ccc(Nc2ccccn2)cc1-c1ccccc1. The van der Waals surface area contributed by atoms with E-state index < -0.39 is 5.91 Å². The lowest BCUT2D eigenvalue weighted by Gasteiger charge is -2.12. The van der Waals surface area contributed by atoms with Crippen LogP contribution in [0.5, 0.6) is 0 Å². The van der Waals surface area contributed by atoms with Gasteiger partial charge in [-0.3, -0.25) is 10.0 Å². The molecular formula is C18H15N3O2. The Morgan fingerprint density at radius 2 is 1.74 bits per heavy atom. The summed E-state index contributed by atoms with van der Waals surface area (Å²) in [5.41, 5.74) is 4.49. The number of rotatable bonds is 4. The van der Waals surface area contributed by atoms with Gasteiger partial charge in [0, 0.05) is 17.4 Å². The van der Waals surface area contributed by atoms with E-state index in [-0.39, 0.29) is 0 Å². The number of benzene rings is 2. The van der Waals surface area contributed by atoms with Crippen molar-refractivity contribution >= 4 is 17.4 Å². The fraction of sp³-hybridized carbons (Fsp3) is 0. The van der Waals surface area contributed by atoms with Crippen LogP contribution < -0.4 is 10.8 Å².